The van der Waals surface area contributed by atoms with E-state index in [1.165, 1.54) is 32.6 Å². The number of benzene rings is 1. The number of thiazole rings is 1. The molecule has 19 heteroatoms. The highest BCUT2D eigenvalue weighted by molar-refractivity contribution is 7.94. The SMILES string of the molecule is Cc1nc(NC(=O)COCCOCCOCCOC23CC4CC2CC4C3)sc1S(=O)(=O)Nc1ccc(C(O)(C(F)(F)F)C(F)(F)F)cc1. The molecule has 268 valence electrons. The quantitative estimate of drug-likeness (QED) is 0.155. The van der Waals surface area contributed by atoms with Crippen LogP contribution >= 0.6 is 11.3 Å². The molecule has 1 aromatic carbocycles. The number of halogens is 6. The van der Waals surface area contributed by atoms with Gasteiger partial charge in [0.2, 0.25) is 0 Å². The van der Waals surface area contributed by atoms with Crippen molar-refractivity contribution >= 4 is 38.1 Å². The molecular formula is C29H35F6N3O8S2. The van der Waals surface area contributed by atoms with Gasteiger partial charge in [-0.1, -0.05) is 23.5 Å². The van der Waals surface area contributed by atoms with Crippen molar-refractivity contribution in [3.8, 4) is 0 Å². The van der Waals surface area contributed by atoms with E-state index in [1.54, 1.807) is 0 Å². The maximum absolute atomic E-state index is 13.1. The first-order valence-electron chi connectivity index (χ1n) is 15.1. The first-order chi connectivity index (χ1) is 22.5. The third-order valence-electron chi connectivity index (χ3n) is 9.01. The minimum Gasteiger partial charge on any atom is -0.377 e. The molecule has 0 spiro atoms. The fraction of sp³-hybridized carbons (Fsp3) is 0.655. The molecule has 48 heavy (non-hydrogen) atoms. The van der Waals surface area contributed by atoms with Crippen LogP contribution in [0, 0.1) is 24.7 Å². The number of amides is 1. The Bertz CT molecular complexity index is 1520. The molecule has 0 radical (unpaired) electrons. The summed E-state index contributed by atoms with van der Waals surface area (Å²) in [4.78, 5) is 16.2. The van der Waals surface area contributed by atoms with Gasteiger partial charge in [0.1, 0.15) is 6.61 Å². The second-order valence-corrected chi connectivity index (χ2v) is 15.0. The van der Waals surface area contributed by atoms with E-state index in [0.717, 1.165) is 17.8 Å². The lowest BCUT2D eigenvalue weighted by Crippen LogP contribution is -2.53. The van der Waals surface area contributed by atoms with Crippen LogP contribution in [0.1, 0.15) is 36.9 Å². The predicted molar refractivity (Wildman–Crippen MR) is 159 cm³/mol. The van der Waals surface area contributed by atoms with Crippen molar-refractivity contribution in [1.29, 1.82) is 0 Å². The lowest BCUT2D eigenvalue weighted by Gasteiger charge is -2.32. The van der Waals surface area contributed by atoms with Crippen molar-refractivity contribution in [1.82, 2.24) is 4.98 Å². The van der Waals surface area contributed by atoms with Gasteiger partial charge >= 0.3 is 12.4 Å². The molecule has 4 saturated carbocycles. The number of rotatable bonds is 17. The lowest BCUT2D eigenvalue weighted by molar-refractivity contribution is -0.376. The van der Waals surface area contributed by atoms with E-state index in [2.05, 4.69) is 10.3 Å². The van der Waals surface area contributed by atoms with Gasteiger partial charge in [-0.2, -0.15) is 26.3 Å². The van der Waals surface area contributed by atoms with Crippen molar-refractivity contribution in [2.75, 3.05) is 56.3 Å². The number of ether oxygens (including phenoxy) is 4. The monoisotopic (exact) mass is 731 g/mol. The van der Waals surface area contributed by atoms with Crippen LogP contribution < -0.4 is 10.0 Å². The molecule has 1 heterocycles. The molecule has 1 aromatic heterocycles. The summed E-state index contributed by atoms with van der Waals surface area (Å²) in [5.74, 6) is 1.81. The summed E-state index contributed by atoms with van der Waals surface area (Å²) < 4.78 is 129. The Balaban J connectivity index is 0.983. The average molecular weight is 732 g/mol. The Morgan fingerprint density at radius 2 is 1.48 bits per heavy atom. The molecule has 0 aliphatic heterocycles. The summed E-state index contributed by atoms with van der Waals surface area (Å²) in [6, 6.07) is 1.89. The van der Waals surface area contributed by atoms with E-state index in [-0.39, 0.29) is 46.1 Å². The van der Waals surface area contributed by atoms with Gasteiger partial charge in [-0.25, -0.2) is 13.4 Å². The number of hydrogen-bond donors (Lipinski definition) is 3. The fourth-order valence-electron chi connectivity index (χ4n) is 6.90. The molecule has 1 amide bonds. The highest BCUT2D eigenvalue weighted by Gasteiger charge is 2.71. The second-order valence-electron chi connectivity index (χ2n) is 12.1. The third-order valence-corrected chi connectivity index (χ3v) is 12.1. The molecule has 4 aliphatic rings. The third kappa shape index (κ3) is 7.61. The average Bonchev–Trinajstić information content (AvgIpc) is 3.79. The van der Waals surface area contributed by atoms with E-state index in [4.69, 9.17) is 18.9 Å². The van der Waals surface area contributed by atoms with Gasteiger partial charge < -0.3 is 24.1 Å². The number of carbonyl (C=O) groups excluding carboxylic acids is 1. The molecular weight excluding hydrogens is 696 g/mol. The van der Waals surface area contributed by atoms with Crippen molar-refractivity contribution in [3.63, 3.8) is 0 Å². The van der Waals surface area contributed by atoms with Gasteiger partial charge in [-0.3, -0.25) is 14.8 Å². The Kier molecular flexibility index (Phi) is 10.7. The van der Waals surface area contributed by atoms with Gasteiger partial charge in [0, 0.05) is 11.3 Å². The summed E-state index contributed by atoms with van der Waals surface area (Å²) in [5.41, 5.74) is -7.03. The standard InChI is InChI=1S/C29H35F6N3O8S2/c1-17-24(48(41,42)38-22-4-2-20(3-5-22)27(40,28(30,31)32)29(33,34)35)47-25(36-17)37-23(39)16-45-9-8-43-6-7-44-10-11-46-26-14-18-12-21(26)13-19(18)15-26/h2-5,18-19,21,38,40H,6-16H2,1H3,(H,36,37,39). The van der Waals surface area contributed by atoms with Gasteiger partial charge in [-0.15, -0.1) is 0 Å². The minimum atomic E-state index is -6.09. The number of aryl methyl sites for hydroxylation is 1. The number of aliphatic hydroxyl groups is 1. The normalized spacial score (nSPS) is 23.7. The Morgan fingerprint density at radius 1 is 0.938 bits per heavy atom. The van der Waals surface area contributed by atoms with Crippen LogP contribution in [0.3, 0.4) is 0 Å². The zero-order chi connectivity index (χ0) is 35.0. The topological polar surface area (TPSA) is 145 Å². The number of anilines is 2. The van der Waals surface area contributed by atoms with Crippen molar-refractivity contribution in [3.05, 3.63) is 35.5 Å². The van der Waals surface area contributed by atoms with Gasteiger partial charge in [0.25, 0.3) is 21.5 Å². The predicted octanol–water partition coefficient (Wildman–Crippen LogP) is 4.76. The molecule has 0 saturated heterocycles. The molecule has 4 bridgehead atoms. The minimum absolute atomic E-state index is 0.0343. The van der Waals surface area contributed by atoms with Crippen LogP contribution in [0.25, 0.3) is 0 Å². The zero-order valence-corrected chi connectivity index (χ0v) is 27.3. The van der Waals surface area contributed by atoms with Crippen LogP contribution in [0.2, 0.25) is 0 Å². The molecule has 2 unspecified atom stereocenters. The van der Waals surface area contributed by atoms with Gasteiger partial charge in [0.15, 0.2) is 9.34 Å². The maximum atomic E-state index is 13.1. The number of nitrogens with one attached hydrogen (secondary N) is 2. The molecule has 2 atom stereocenters. The van der Waals surface area contributed by atoms with E-state index < -0.39 is 39.4 Å². The van der Waals surface area contributed by atoms with Crippen molar-refractivity contribution < 1.29 is 63.6 Å². The highest BCUT2D eigenvalue weighted by Crippen LogP contribution is 2.66. The summed E-state index contributed by atoms with van der Waals surface area (Å²) in [7, 11) is -4.43. The molecule has 3 N–H and O–H groups in total. The maximum Gasteiger partial charge on any atom is 0.430 e. The smallest absolute Gasteiger partial charge is 0.377 e. The van der Waals surface area contributed by atoms with Crippen molar-refractivity contribution in [2.24, 2.45) is 17.8 Å². The van der Waals surface area contributed by atoms with Crippen LogP contribution in [0.5, 0.6) is 0 Å². The van der Waals surface area contributed by atoms with E-state index in [0.29, 0.717) is 62.0 Å². The first-order valence-corrected chi connectivity index (χ1v) is 17.4. The Labute approximate surface area is 276 Å². The molecule has 4 aliphatic carbocycles. The van der Waals surface area contributed by atoms with Crippen molar-refractivity contribution in [2.45, 2.75) is 60.4 Å². The summed E-state index contributed by atoms with van der Waals surface area (Å²) in [5, 5.41) is 11.8. The largest absolute Gasteiger partial charge is 0.430 e. The van der Waals surface area contributed by atoms with Crippen LogP contribution in [0.15, 0.2) is 28.5 Å². The molecule has 2 aromatic rings. The van der Waals surface area contributed by atoms with E-state index in [9.17, 15) is 44.7 Å². The molecule has 6 rings (SSSR count). The number of nitrogens with zero attached hydrogens (tertiary/aromatic N) is 1. The van der Waals surface area contributed by atoms with Crippen LogP contribution in [-0.4, -0.2) is 88.6 Å². The molecule has 11 nitrogen and oxygen atoms in total. The van der Waals surface area contributed by atoms with Gasteiger partial charge in [0.05, 0.1) is 50.9 Å². The van der Waals surface area contributed by atoms with Crippen LogP contribution in [0.4, 0.5) is 37.2 Å². The number of aromatic nitrogens is 1. The van der Waals surface area contributed by atoms with Gasteiger partial charge in [-0.05, 0) is 62.5 Å². The van der Waals surface area contributed by atoms with Crippen LogP contribution in [-0.2, 0) is 39.4 Å². The van der Waals surface area contributed by atoms with E-state index in [1.807, 2.05) is 4.72 Å². The van der Waals surface area contributed by atoms with E-state index >= 15 is 0 Å². The lowest BCUT2D eigenvalue weighted by atomic mass is 9.92. The second kappa shape index (κ2) is 14.0. The number of hydrogen-bond acceptors (Lipinski definition) is 10. The number of sulfonamides is 1. The summed E-state index contributed by atoms with van der Waals surface area (Å²) in [6.07, 6.45) is -7.17. The number of carbonyl (C=O) groups is 1. The zero-order valence-electron chi connectivity index (χ0n) is 25.7. The fourth-order valence-corrected chi connectivity index (χ4v) is 9.39. The highest BCUT2D eigenvalue weighted by atomic mass is 32.2. The summed E-state index contributed by atoms with van der Waals surface area (Å²) in [6.45, 7) is 3.04. The Morgan fingerprint density at radius 3 is 2.00 bits per heavy atom. The first kappa shape index (κ1) is 36.7. The number of alkyl halides is 6. The Hall–Kier alpha value is -2.55. The molecule has 4 fully saturated rings. The summed E-state index contributed by atoms with van der Waals surface area (Å²) >= 11 is 0.565.